The summed E-state index contributed by atoms with van der Waals surface area (Å²) in [4.78, 5) is 0. The zero-order valence-electron chi connectivity index (χ0n) is 12.3. The molecule has 0 radical (unpaired) electrons. The number of hydrogen-bond donors (Lipinski definition) is 2. The SMILES string of the molecule is c1ccc(OCCNCc2cccc3c2NCCC3)cc1. The largest absolute Gasteiger partial charge is 0.492 e. The van der Waals surface area contributed by atoms with Gasteiger partial charge in [-0.2, -0.15) is 0 Å². The average molecular weight is 282 g/mol. The maximum absolute atomic E-state index is 5.68. The Morgan fingerprint density at radius 3 is 2.86 bits per heavy atom. The molecule has 3 heteroatoms. The first-order chi connectivity index (χ1) is 10.4. The molecule has 0 spiro atoms. The molecule has 1 aliphatic heterocycles. The lowest BCUT2D eigenvalue weighted by atomic mass is 9.99. The molecule has 1 heterocycles. The Kier molecular flexibility index (Phi) is 4.74. The molecule has 0 aliphatic carbocycles. The molecule has 1 aliphatic rings. The Bertz CT molecular complexity index is 569. The molecule has 2 aromatic carbocycles. The Labute approximate surface area is 126 Å². The van der Waals surface area contributed by atoms with Crippen LogP contribution in [0.5, 0.6) is 5.75 Å². The summed E-state index contributed by atoms with van der Waals surface area (Å²) < 4.78 is 5.68. The molecule has 3 rings (SSSR count). The maximum Gasteiger partial charge on any atom is 0.119 e. The fourth-order valence-corrected chi connectivity index (χ4v) is 2.71. The van der Waals surface area contributed by atoms with Gasteiger partial charge in [0.15, 0.2) is 0 Å². The number of nitrogens with one attached hydrogen (secondary N) is 2. The predicted molar refractivity (Wildman–Crippen MR) is 86.9 cm³/mol. The van der Waals surface area contributed by atoms with Gasteiger partial charge in [-0.1, -0.05) is 36.4 Å². The molecule has 0 bridgehead atoms. The van der Waals surface area contributed by atoms with Gasteiger partial charge < -0.3 is 15.4 Å². The lowest BCUT2D eigenvalue weighted by Crippen LogP contribution is -2.22. The number of rotatable bonds is 6. The van der Waals surface area contributed by atoms with E-state index in [1.807, 2.05) is 30.3 Å². The van der Waals surface area contributed by atoms with Crippen LogP contribution in [-0.2, 0) is 13.0 Å². The third-order valence-corrected chi connectivity index (χ3v) is 3.77. The van der Waals surface area contributed by atoms with Crippen LogP contribution in [0.4, 0.5) is 5.69 Å². The lowest BCUT2D eigenvalue weighted by molar-refractivity contribution is 0.313. The summed E-state index contributed by atoms with van der Waals surface area (Å²) >= 11 is 0. The second-order valence-electron chi connectivity index (χ2n) is 5.32. The molecular formula is C18H22N2O. The van der Waals surface area contributed by atoms with Gasteiger partial charge in [-0.3, -0.25) is 0 Å². The summed E-state index contributed by atoms with van der Waals surface area (Å²) in [6, 6.07) is 16.5. The van der Waals surface area contributed by atoms with Crippen LogP contribution in [0.1, 0.15) is 17.5 Å². The average Bonchev–Trinajstić information content (AvgIpc) is 2.56. The first-order valence-corrected chi connectivity index (χ1v) is 7.67. The van der Waals surface area contributed by atoms with Crippen LogP contribution >= 0.6 is 0 Å². The Morgan fingerprint density at radius 2 is 1.95 bits per heavy atom. The monoisotopic (exact) mass is 282 g/mol. The normalized spacial score (nSPS) is 13.3. The molecule has 2 aromatic rings. The standard InChI is InChI=1S/C18H22N2O/c1-2-9-17(10-3-1)21-13-12-19-14-16-7-4-6-15-8-5-11-20-18(15)16/h1-4,6-7,9-10,19-20H,5,8,11-14H2. The molecule has 0 atom stereocenters. The number of fused-ring (bicyclic) bond motifs is 1. The third kappa shape index (κ3) is 3.76. The summed E-state index contributed by atoms with van der Waals surface area (Å²) in [6.45, 7) is 3.50. The van der Waals surface area contributed by atoms with Crippen LogP contribution in [0.15, 0.2) is 48.5 Å². The third-order valence-electron chi connectivity index (χ3n) is 3.77. The molecule has 0 unspecified atom stereocenters. The summed E-state index contributed by atoms with van der Waals surface area (Å²) in [7, 11) is 0. The van der Waals surface area contributed by atoms with Gasteiger partial charge in [0.05, 0.1) is 0 Å². The second kappa shape index (κ2) is 7.14. The molecule has 2 N–H and O–H groups in total. The number of hydrogen-bond acceptors (Lipinski definition) is 3. The van der Waals surface area contributed by atoms with E-state index in [4.69, 9.17) is 4.74 Å². The minimum Gasteiger partial charge on any atom is -0.492 e. The highest BCUT2D eigenvalue weighted by molar-refractivity contribution is 5.59. The molecule has 0 aromatic heterocycles. The first kappa shape index (κ1) is 14.0. The molecule has 0 fully saturated rings. The summed E-state index contributed by atoms with van der Waals surface area (Å²) in [5.74, 6) is 0.929. The van der Waals surface area contributed by atoms with E-state index in [9.17, 15) is 0 Å². The zero-order chi connectivity index (χ0) is 14.3. The smallest absolute Gasteiger partial charge is 0.119 e. The molecule has 110 valence electrons. The summed E-state index contributed by atoms with van der Waals surface area (Å²) in [5.41, 5.74) is 4.13. The van der Waals surface area contributed by atoms with E-state index < -0.39 is 0 Å². The van der Waals surface area contributed by atoms with Crippen molar-refractivity contribution in [2.45, 2.75) is 19.4 Å². The van der Waals surface area contributed by atoms with Crippen molar-refractivity contribution in [3.8, 4) is 5.75 Å². The van der Waals surface area contributed by atoms with Crippen molar-refractivity contribution in [1.29, 1.82) is 0 Å². The first-order valence-electron chi connectivity index (χ1n) is 7.67. The Hall–Kier alpha value is -2.00. The van der Waals surface area contributed by atoms with Crippen molar-refractivity contribution < 1.29 is 4.74 Å². The van der Waals surface area contributed by atoms with E-state index in [0.29, 0.717) is 6.61 Å². The summed E-state index contributed by atoms with van der Waals surface area (Å²) in [5, 5.41) is 6.98. The van der Waals surface area contributed by atoms with Gasteiger partial charge in [0.1, 0.15) is 12.4 Å². The lowest BCUT2D eigenvalue weighted by Gasteiger charge is -2.21. The van der Waals surface area contributed by atoms with Gasteiger partial charge in [0.2, 0.25) is 0 Å². The van der Waals surface area contributed by atoms with Crippen LogP contribution in [0.3, 0.4) is 0 Å². The van der Waals surface area contributed by atoms with Gasteiger partial charge >= 0.3 is 0 Å². The van der Waals surface area contributed by atoms with Crippen LogP contribution in [0, 0.1) is 0 Å². The minimum atomic E-state index is 0.687. The fraction of sp³-hybridized carbons (Fsp3) is 0.333. The van der Waals surface area contributed by atoms with Crippen LogP contribution in [0.25, 0.3) is 0 Å². The van der Waals surface area contributed by atoms with Crippen LogP contribution in [-0.4, -0.2) is 19.7 Å². The van der Waals surface area contributed by atoms with E-state index in [1.165, 1.54) is 29.7 Å². The molecular weight excluding hydrogens is 260 g/mol. The Morgan fingerprint density at radius 1 is 1.05 bits per heavy atom. The Balaban J connectivity index is 1.45. The summed E-state index contributed by atoms with van der Waals surface area (Å²) in [6.07, 6.45) is 2.42. The van der Waals surface area contributed by atoms with Gasteiger partial charge in [-0.15, -0.1) is 0 Å². The zero-order valence-corrected chi connectivity index (χ0v) is 12.3. The van der Waals surface area contributed by atoms with Crippen LogP contribution < -0.4 is 15.4 Å². The van der Waals surface area contributed by atoms with Crippen molar-refractivity contribution in [1.82, 2.24) is 5.32 Å². The quantitative estimate of drug-likeness (QED) is 0.798. The van der Waals surface area contributed by atoms with E-state index in [2.05, 4.69) is 28.8 Å². The van der Waals surface area contributed by atoms with Crippen molar-refractivity contribution in [3.63, 3.8) is 0 Å². The second-order valence-corrected chi connectivity index (χ2v) is 5.32. The minimum absolute atomic E-state index is 0.687. The van der Waals surface area contributed by atoms with Gasteiger partial charge in [-0.25, -0.2) is 0 Å². The molecule has 0 amide bonds. The van der Waals surface area contributed by atoms with E-state index >= 15 is 0 Å². The highest BCUT2D eigenvalue weighted by Gasteiger charge is 2.11. The predicted octanol–water partition coefficient (Wildman–Crippen LogP) is 3.21. The van der Waals surface area contributed by atoms with Gasteiger partial charge in [0.25, 0.3) is 0 Å². The van der Waals surface area contributed by atoms with Crippen molar-refractivity contribution in [3.05, 3.63) is 59.7 Å². The number of para-hydroxylation sites is 2. The molecule has 0 saturated heterocycles. The highest BCUT2D eigenvalue weighted by Crippen LogP contribution is 2.25. The van der Waals surface area contributed by atoms with Crippen LogP contribution in [0.2, 0.25) is 0 Å². The fourth-order valence-electron chi connectivity index (χ4n) is 2.71. The van der Waals surface area contributed by atoms with Gasteiger partial charge in [-0.05, 0) is 36.1 Å². The number of benzene rings is 2. The molecule has 0 saturated carbocycles. The highest BCUT2D eigenvalue weighted by atomic mass is 16.5. The van der Waals surface area contributed by atoms with Gasteiger partial charge in [0, 0.05) is 25.3 Å². The molecule has 21 heavy (non-hydrogen) atoms. The van der Waals surface area contributed by atoms with Crippen molar-refractivity contribution in [2.24, 2.45) is 0 Å². The van der Waals surface area contributed by atoms with Crippen molar-refractivity contribution >= 4 is 5.69 Å². The van der Waals surface area contributed by atoms with Crippen molar-refractivity contribution in [2.75, 3.05) is 25.0 Å². The van der Waals surface area contributed by atoms with E-state index in [1.54, 1.807) is 0 Å². The number of aryl methyl sites for hydroxylation is 1. The topological polar surface area (TPSA) is 33.3 Å². The van der Waals surface area contributed by atoms with E-state index in [-0.39, 0.29) is 0 Å². The van der Waals surface area contributed by atoms with E-state index in [0.717, 1.165) is 25.4 Å². The number of anilines is 1. The molecule has 3 nitrogen and oxygen atoms in total. The maximum atomic E-state index is 5.68. The number of ether oxygens (including phenoxy) is 1.